The molecule has 0 saturated carbocycles. The van der Waals surface area contributed by atoms with Crippen LogP contribution in [0.2, 0.25) is 0 Å². The average molecular weight is 297 g/mol. The Morgan fingerprint density at radius 3 is 2.63 bits per heavy atom. The number of hydrogen-bond acceptors (Lipinski definition) is 5. The lowest BCUT2D eigenvalue weighted by molar-refractivity contribution is 0.0691. The van der Waals surface area contributed by atoms with Crippen LogP contribution in [0.15, 0.2) is 29.6 Å². The van der Waals surface area contributed by atoms with Gasteiger partial charge in [0.2, 0.25) is 0 Å². The van der Waals surface area contributed by atoms with Crippen LogP contribution >= 0.6 is 11.3 Å². The van der Waals surface area contributed by atoms with E-state index in [1.807, 2.05) is 0 Å². The fourth-order valence-electron chi connectivity index (χ4n) is 1.63. The minimum atomic E-state index is -3.16. The van der Waals surface area contributed by atoms with Crippen molar-refractivity contribution < 1.29 is 18.3 Å². The van der Waals surface area contributed by atoms with Gasteiger partial charge in [-0.1, -0.05) is 24.3 Å². The highest BCUT2D eigenvalue weighted by atomic mass is 32.2. The number of thiazole rings is 1. The normalized spacial score (nSPS) is 11.4. The molecule has 0 amide bonds. The topological polar surface area (TPSA) is 84.3 Å². The van der Waals surface area contributed by atoms with Gasteiger partial charge in [0, 0.05) is 17.2 Å². The van der Waals surface area contributed by atoms with E-state index in [0.717, 1.165) is 6.26 Å². The van der Waals surface area contributed by atoms with Gasteiger partial charge in [0.1, 0.15) is 5.01 Å². The monoisotopic (exact) mass is 297 g/mol. The summed E-state index contributed by atoms with van der Waals surface area (Å²) in [4.78, 5) is 14.8. The van der Waals surface area contributed by atoms with Crippen molar-refractivity contribution >= 4 is 27.1 Å². The maximum absolute atomic E-state index is 11.4. The van der Waals surface area contributed by atoms with Gasteiger partial charge in [-0.05, 0) is 5.56 Å². The molecule has 2 aromatic rings. The molecule has 0 radical (unpaired) electrons. The Morgan fingerprint density at radius 1 is 1.37 bits per heavy atom. The van der Waals surface area contributed by atoms with Crippen molar-refractivity contribution in [2.75, 3.05) is 6.26 Å². The fourth-order valence-corrected chi connectivity index (χ4v) is 3.30. The summed E-state index contributed by atoms with van der Waals surface area (Å²) < 4.78 is 22.8. The van der Waals surface area contributed by atoms with E-state index in [1.165, 1.54) is 16.7 Å². The second kappa shape index (κ2) is 5.10. The fraction of sp³-hybridized carbons (Fsp3) is 0.167. The maximum Gasteiger partial charge on any atom is 0.355 e. The molecule has 0 bridgehead atoms. The van der Waals surface area contributed by atoms with E-state index in [1.54, 1.807) is 24.3 Å². The Morgan fingerprint density at radius 2 is 2.05 bits per heavy atom. The molecule has 0 aliphatic rings. The van der Waals surface area contributed by atoms with Crippen molar-refractivity contribution in [3.63, 3.8) is 0 Å². The van der Waals surface area contributed by atoms with Crippen LogP contribution in [0.1, 0.15) is 16.1 Å². The Kier molecular flexibility index (Phi) is 3.68. The number of carboxylic acid groups (broad SMARTS) is 1. The molecule has 100 valence electrons. The summed E-state index contributed by atoms with van der Waals surface area (Å²) in [7, 11) is -3.16. The molecule has 1 N–H and O–H groups in total. The zero-order valence-corrected chi connectivity index (χ0v) is 11.7. The third-order valence-corrected chi connectivity index (χ3v) is 4.10. The summed E-state index contributed by atoms with van der Waals surface area (Å²) in [5, 5.41) is 10.8. The van der Waals surface area contributed by atoms with E-state index >= 15 is 0 Å². The molecule has 0 atom stereocenters. The highest BCUT2D eigenvalue weighted by Gasteiger charge is 2.15. The molecule has 0 aliphatic carbocycles. The van der Waals surface area contributed by atoms with E-state index < -0.39 is 15.8 Å². The van der Waals surface area contributed by atoms with E-state index in [-0.39, 0.29) is 11.4 Å². The number of carbonyl (C=O) groups is 1. The van der Waals surface area contributed by atoms with Gasteiger partial charge in [-0.2, -0.15) is 0 Å². The number of hydrogen-bond donors (Lipinski definition) is 1. The molecule has 19 heavy (non-hydrogen) atoms. The first-order valence-electron chi connectivity index (χ1n) is 5.31. The van der Waals surface area contributed by atoms with E-state index in [4.69, 9.17) is 5.11 Å². The first-order valence-corrected chi connectivity index (χ1v) is 8.25. The average Bonchev–Trinajstić information content (AvgIpc) is 2.76. The van der Waals surface area contributed by atoms with Gasteiger partial charge in [0.25, 0.3) is 0 Å². The number of nitrogens with zero attached hydrogens (tertiary/aromatic N) is 1. The molecule has 0 unspecified atom stereocenters. The van der Waals surface area contributed by atoms with Gasteiger partial charge in [-0.15, -0.1) is 11.3 Å². The largest absolute Gasteiger partial charge is 0.476 e. The summed E-state index contributed by atoms with van der Waals surface area (Å²) in [6, 6.07) is 6.96. The number of rotatable bonds is 4. The molecule has 1 aromatic carbocycles. The maximum atomic E-state index is 11.4. The predicted molar refractivity (Wildman–Crippen MR) is 73.1 cm³/mol. The minimum absolute atomic E-state index is 0.0332. The lowest BCUT2D eigenvalue weighted by Crippen LogP contribution is -2.02. The van der Waals surface area contributed by atoms with Crippen LogP contribution in [-0.4, -0.2) is 30.7 Å². The summed E-state index contributed by atoms with van der Waals surface area (Å²) in [5.74, 6) is -1.19. The van der Waals surface area contributed by atoms with Crippen LogP contribution in [0.4, 0.5) is 0 Å². The molecule has 7 heteroatoms. The third kappa shape index (κ3) is 3.39. The zero-order valence-electron chi connectivity index (χ0n) is 10.0. The Bertz CT molecular complexity index is 719. The smallest absolute Gasteiger partial charge is 0.355 e. The first kappa shape index (κ1) is 13.7. The van der Waals surface area contributed by atoms with Crippen LogP contribution in [0.3, 0.4) is 0 Å². The molecule has 0 aliphatic heterocycles. The molecule has 2 rings (SSSR count). The van der Waals surface area contributed by atoms with Gasteiger partial charge in [0.15, 0.2) is 15.5 Å². The summed E-state index contributed by atoms with van der Waals surface area (Å²) in [6.07, 6.45) is 1.16. The Hall–Kier alpha value is -1.73. The molecular weight excluding hydrogens is 286 g/mol. The standard InChI is InChI=1S/C12H11NO4S2/c1-19(16,17)7-8-4-2-3-5-9(8)11-13-10(6-18-11)12(14)15/h2-6H,7H2,1H3,(H,14,15). The Balaban J connectivity index is 2.46. The summed E-state index contributed by atoms with van der Waals surface area (Å²) >= 11 is 1.18. The number of benzene rings is 1. The van der Waals surface area contributed by atoms with E-state index in [2.05, 4.69) is 4.98 Å². The lowest BCUT2D eigenvalue weighted by atomic mass is 10.1. The van der Waals surface area contributed by atoms with Crippen molar-refractivity contribution in [2.45, 2.75) is 5.75 Å². The van der Waals surface area contributed by atoms with Gasteiger partial charge < -0.3 is 5.11 Å². The second-order valence-electron chi connectivity index (χ2n) is 4.07. The Labute approximate surface area is 114 Å². The van der Waals surface area contributed by atoms with E-state index in [0.29, 0.717) is 16.1 Å². The van der Waals surface area contributed by atoms with Crippen LogP contribution in [0, 0.1) is 0 Å². The molecule has 0 saturated heterocycles. The SMILES string of the molecule is CS(=O)(=O)Cc1ccccc1-c1nc(C(=O)O)cs1. The van der Waals surface area contributed by atoms with Gasteiger partial charge in [-0.3, -0.25) is 0 Å². The molecule has 0 spiro atoms. The van der Waals surface area contributed by atoms with Crippen molar-refractivity contribution in [2.24, 2.45) is 0 Å². The number of aromatic carboxylic acids is 1. The molecule has 1 aromatic heterocycles. The van der Waals surface area contributed by atoms with Crippen molar-refractivity contribution in [1.29, 1.82) is 0 Å². The van der Waals surface area contributed by atoms with Crippen LogP contribution in [-0.2, 0) is 15.6 Å². The number of sulfone groups is 1. The highest BCUT2D eigenvalue weighted by molar-refractivity contribution is 7.89. The molecular formula is C12H11NO4S2. The van der Waals surface area contributed by atoms with Crippen molar-refractivity contribution in [1.82, 2.24) is 4.98 Å². The van der Waals surface area contributed by atoms with Crippen LogP contribution in [0.25, 0.3) is 10.6 Å². The van der Waals surface area contributed by atoms with Crippen molar-refractivity contribution in [3.8, 4) is 10.6 Å². The van der Waals surface area contributed by atoms with Gasteiger partial charge in [-0.25, -0.2) is 18.2 Å². The quantitative estimate of drug-likeness (QED) is 0.933. The molecule has 5 nitrogen and oxygen atoms in total. The van der Waals surface area contributed by atoms with Crippen LogP contribution in [0.5, 0.6) is 0 Å². The number of carboxylic acids is 1. The second-order valence-corrected chi connectivity index (χ2v) is 7.07. The van der Waals surface area contributed by atoms with Crippen LogP contribution < -0.4 is 0 Å². The first-order chi connectivity index (χ1) is 8.87. The third-order valence-electron chi connectivity index (χ3n) is 2.39. The minimum Gasteiger partial charge on any atom is -0.476 e. The number of aromatic nitrogens is 1. The van der Waals surface area contributed by atoms with Gasteiger partial charge in [0.05, 0.1) is 5.75 Å². The van der Waals surface area contributed by atoms with Crippen molar-refractivity contribution in [3.05, 3.63) is 40.9 Å². The molecule has 1 heterocycles. The summed E-state index contributed by atoms with van der Waals surface area (Å²) in [6.45, 7) is 0. The lowest BCUT2D eigenvalue weighted by Gasteiger charge is -2.05. The zero-order chi connectivity index (χ0) is 14.0. The molecule has 0 fully saturated rings. The van der Waals surface area contributed by atoms with Gasteiger partial charge >= 0.3 is 5.97 Å². The van der Waals surface area contributed by atoms with E-state index in [9.17, 15) is 13.2 Å². The predicted octanol–water partition coefficient (Wildman–Crippen LogP) is 2.05. The summed E-state index contributed by atoms with van der Waals surface area (Å²) in [5.41, 5.74) is 1.25. The highest BCUT2D eigenvalue weighted by Crippen LogP contribution is 2.28.